The van der Waals surface area contributed by atoms with Crippen LogP contribution in [-0.2, 0) is 25.9 Å². The Morgan fingerprint density at radius 2 is 1.39 bits per heavy atom. The van der Waals surface area contributed by atoms with E-state index in [2.05, 4.69) is 112 Å². The highest BCUT2D eigenvalue weighted by Gasteiger charge is 2.06. The third-order valence-corrected chi connectivity index (χ3v) is 6.79. The maximum absolute atomic E-state index is 7.89. The number of hydrogen-bond acceptors (Lipinski definition) is 4. The monoisotopic (exact) mass is 571 g/mol. The van der Waals surface area contributed by atoms with Gasteiger partial charge in [0.1, 0.15) is 5.52 Å². The van der Waals surface area contributed by atoms with E-state index in [-0.39, 0.29) is 22.5 Å². The molecule has 2 N–H and O–H groups in total. The van der Waals surface area contributed by atoms with Crippen LogP contribution in [0.5, 0.6) is 0 Å². The summed E-state index contributed by atoms with van der Waals surface area (Å²) < 4.78 is 4.19. The van der Waals surface area contributed by atoms with Crippen LogP contribution in [0.15, 0.2) is 85.7 Å². The highest BCUT2D eigenvalue weighted by atomic mass is 79.9. The number of anilines is 1. The Balaban J connectivity index is 0.00000336. The predicted octanol–water partition coefficient (Wildman–Crippen LogP) is 1.26. The molecule has 5 rings (SSSR count). The zero-order chi connectivity index (χ0) is 25.6. The number of pyridine rings is 1. The van der Waals surface area contributed by atoms with Gasteiger partial charge >= 0.3 is 0 Å². The molecule has 0 bridgehead atoms. The molecule has 0 radical (unpaired) electrons. The fraction of sp³-hybridized carbons (Fsp3) is 0.267. The van der Waals surface area contributed by atoms with Gasteiger partial charge in [-0.2, -0.15) is 0 Å². The average molecular weight is 573 g/mol. The molecule has 0 spiro atoms. The molecule has 0 amide bonds. The number of imidazole rings is 1. The second kappa shape index (κ2) is 12.6. The molecule has 0 fully saturated rings. The summed E-state index contributed by atoms with van der Waals surface area (Å²) in [6.45, 7) is 1.58. The fourth-order valence-electron chi connectivity index (χ4n) is 4.58. The Morgan fingerprint density at radius 3 is 2.00 bits per heavy atom. The van der Waals surface area contributed by atoms with Crippen molar-refractivity contribution in [2.24, 2.45) is 0 Å². The van der Waals surface area contributed by atoms with Crippen LogP contribution in [0.25, 0.3) is 11.2 Å². The lowest BCUT2D eigenvalue weighted by Gasteiger charge is -2.10. The van der Waals surface area contributed by atoms with E-state index in [0.29, 0.717) is 12.1 Å². The molecule has 7 nitrogen and oxygen atoms in total. The first-order chi connectivity index (χ1) is 18.0. The summed E-state index contributed by atoms with van der Waals surface area (Å²) in [4.78, 5) is 13.6. The topological polar surface area (TPSA) is 77.5 Å². The lowest BCUT2D eigenvalue weighted by molar-refractivity contribution is -0.688. The lowest BCUT2D eigenvalue weighted by atomic mass is 10.0. The van der Waals surface area contributed by atoms with Crippen LogP contribution in [0.2, 0.25) is 0 Å². The van der Waals surface area contributed by atoms with Crippen LogP contribution >= 0.6 is 0 Å². The standard InChI is InChI=1S/C30H34N7.BrH/c1-35(2)27-15-17-36(18-16-27)19-25-11-7-23(8-12-25)5-3-4-6-24-9-13-26(14-10-24)20-37-22-34-29(31)28-30(37)33-21-32-28;/h7-18,21-22,31H,3-6,19-20H2,1-2H3,(H,32,33);1H/q+1;/p-1. The number of nitrogens with one attached hydrogen (secondary N) is 2. The van der Waals surface area contributed by atoms with E-state index in [1.807, 2.05) is 4.57 Å². The summed E-state index contributed by atoms with van der Waals surface area (Å²) in [6, 6.07) is 22.2. The van der Waals surface area contributed by atoms with Gasteiger partial charge in [0.2, 0.25) is 0 Å². The van der Waals surface area contributed by atoms with Crippen LogP contribution in [0.3, 0.4) is 0 Å². The van der Waals surface area contributed by atoms with Crippen LogP contribution in [0, 0.1) is 5.41 Å². The van der Waals surface area contributed by atoms with Crippen LogP contribution in [0.1, 0.15) is 35.1 Å². The summed E-state index contributed by atoms with van der Waals surface area (Å²) in [7, 11) is 4.12. The number of H-pyrrole nitrogens is 1. The van der Waals surface area contributed by atoms with E-state index in [4.69, 9.17) is 5.41 Å². The van der Waals surface area contributed by atoms with Crippen molar-refractivity contribution >= 4 is 16.9 Å². The molecular formula is C30H34BrN7. The van der Waals surface area contributed by atoms with E-state index in [1.165, 1.54) is 40.8 Å². The van der Waals surface area contributed by atoms with Crippen molar-refractivity contribution in [1.82, 2.24) is 19.5 Å². The summed E-state index contributed by atoms with van der Waals surface area (Å²) in [5, 5.41) is 7.89. The molecule has 3 heterocycles. The van der Waals surface area contributed by atoms with Gasteiger partial charge in [-0.1, -0.05) is 48.5 Å². The molecule has 38 heavy (non-hydrogen) atoms. The van der Waals surface area contributed by atoms with Crippen LogP contribution < -0.4 is 31.9 Å². The zero-order valence-electron chi connectivity index (χ0n) is 21.9. The largest absolute Gasteiger partial charge is 1.00 e. The van der Waals surface area contributed by atoms with Crippen LogP contribution in [0.4, 0.5) is 5.69 Å². The van der Waals surface area contributed by atoms with Gasteiger partial charge in [-0.3, -0.25) is 5.41 Å². The van der Waals surface area contributed by atoms with E-state index < -0.39 is 0 Å². The van der Waals surface area contributed by atoms with Crippen LogP contribution in [-0.4, -0.2) is 33.6 Å². The van der Waals surface area contributed by atoms with Crippen molar-refractivity contribution in [3.05, 3.63) is 113 Å². The summed E-state index contributed by atoms with van der Waals surface area (Å²) in [5.74, 6) is 0. The average Bonchev–Trinajstić information content (AvgIpc) is 3.42. The lowest BCUT2D eigenvalue weighted by Crippen LogP contribution is -3.00. The molecule has 0 aliphatic carbocycles. The molecule has 0 saturated heterocycles. The Kier molecular flexibility index (Phi) is 9.07. The number of benzene rings is 2. The predicted molar refractivity (Wildman–Crippen MR) is 146 cm³/mol. The first-order valence-electron chi connectivity index (χ1n) is 12.8. The SMILES string of the molecule is CN(C)c1cc[n+](Cc2ccc(CCCCc3ccc(Cn4cnc(=N)c5[nH]cnc54)cc3)cc2)cc1.[Br-]. The Labute approximate surface area is 234 Å². The second-order valence-corrected chi connectivity index (χ2v) is 9.79. The quantitative estimate of drug-likeness (QED) is 0.196. The highest BCUT2D eigenvalue weighted by Crippen LogP contribution is 2.14. The Morgan fingerprint density at radius 1 is 0.816 bits per heavy atom. The van der Waals surface area contributed by atoms with E-state index in [9.17, 15) is 0 Å². The molecule has 196 valence electrons. The van der Waals surface area contributed by atoms with Crippen molar-refractivity contribution < 1.29 is 21.5 Å². The molecule has 8 heteroatoms. The summed E-state index contributed by atoms with van der Waals surface area (Å²) >= 11 is 0. The maximum Gasteiger partial charge on any atom is 0.173 e. The minimum atomic E-state index is 0. The molecule has 5 aromatic rings. The van der Waals surface area contributed by atoms with Gasteiger partial charge in [-0.25, -0.2) is 14.5 Å². The number of halogens is 1. The summed E-state index contributed by atoms with van der Waals surface area (Å²) in [6.07, 6.45) is 12.1. The summed E-state index contributed by atoms with van der Waals surface area (Å²) in [5.41, 5.74) is 8.16. The number of fused-ring (bicyclic) bond motifs is 1. The number of aromatic amines is 1. The third kappa shape index (κ3) is 6.75. The van der Waals surface area contributed by atoms with Gasteiger partial charge in [0.05, 0.1) is 19.2 Å². The van der Waals surface area contributed by atoms with Crippen molar-refractivity contribution in [1.29, 1.82) is 5.41 Å². The number of rotatable bonds is 10. The number of aromatic nitrogens is 5. The Hall–Kier alpha value is -3.78. The third-order valence-electron chi connectivity index (χ3n) is 6.79. The highest BCUT2D eigenvalue weighted by molar-refractivity contribution is 5.68. The molecule has 3 aromatic heterocycles. The normalized spacial score (nSPS) is 10.9. The van der Waals surface area contributed by atoms with E-state index in [0.717, 1.165) is 25.0 Å². The van der Waals surface area contributed by atoms with Gasteiger partial charge in [-0.15, -0.1) is 0 Å². The van der Waals surface area contributed by atoms with Crippen molar-refractivity contribution in [3.8, 4) is 0 Å². The molecule has 0 atom stereocenters. The van der Waals surface area contributed by atoms with E-state index >= 15 is 0 Å². The number of aryl methyl sites for hydroxylation is 2. The van der Waals surface area contributed by atoms with Crippen molar-refractivity contribution in [2.75, 3.05) is 19.0 Å². The minimum absolute atomic E-state index is 0. The molecular weight excluding hydrogens is 538 g/mol. The second-order valence-electron chi connectivity index (χ2n) is 9.79. The first kappa shape index (κ1) is 27.3. The van der Waals surface area contributed by atoms with Crippen molar-refractivity contribution in [3.63, 3.8) is 0 Å². The van der Waals surface area contributed by atoms with Gasteiger partial charge in [0, 0.05) is 37.5 Å². The van der Waals surface area contributed by atoms with Gasteiger partial charge in [0.15, 0.2) is 30.1 Å². The smallest absolute Gasteiger partial charge is 0.173 e. The van der Waals surface area contributed by atoms with Gasteiger partial charge in [-0.05, 0) is 42.4 Å². The molecule has 0 aliphatic heterocycles. The van der Waals surface area contributed by atoms with Gasteiger partial charge in [0.25, 0.3) is 0 Å². The first-order valence-corrected chi connectivity index (χ1v) is 12.8. The molecule has 0 saturated carbocycles. The zero-order valence-corrected chi connectivity index (χ0v) is 23.5. The minimum Gasteiger partial charge on any atom is -1.00 e. The molecule has 0 unspecified atom stereocenters. The fourth-order valence-corrected chi connectivity index (χ4v) is 4.58. The number of nitrogens with zero attached hydrogens (tertiary/aromatic N) is 5. The van der Waals surface area contributed by atoms with Gasteiger partial charge < -0.3 is 31.4 Å². The number of unbranched alkanes of at least 4 members (excludes halogenated alkanes) is 1. The molecule has 2 aromatic carbocycles. The molecule has 0 aliphatic rings. The number of hydrogen-bond donors (Lipinski definition) is 2. The van der Waals surface area contributed by atoms with Crippen molar-refractivity contribution in [2.45, 2.75) is 38.8 Å². The van der Waals surface area contributed by atoms with E-state index in [1.54, 1.807) is 12.7 Å². The Bertz CT molecular complexity index is 1500. The maximum atomic E-state index is 7.89.